The van der Waals surface area contributed by atoms with Crippen LogP contribution in [0.25, 0.3) is 10.2 Å². The van der Waals surface area contributed by atoms with Gasteiger partial charge < -0.3 is 4.74 Å². The molecule has 0 atom stereocenters. The summed E-state index contributed by atoms with van der Waals surface area (Å²) in [5.41, 5.74) is 1.48. The van der Waals surface area contributed by atoms with Crippen LogP contribution in [0.5, 0.6) is 0 Å². The molecule has 0 aliphatic rings. The lowest BCUT2D eigenvalue weighted by atomic mass is 10.2. The van der Waals surface area contributed by atoms with E-state index in [1.807, 2.05) is 36.4 Å². The van der Waals surface area contributed by atoms with Crippen LogP contribution in [0.4, 0.5) is 0 Å². The van der Waals surface area contributed by atoms with Crippen molar-refractivity contribution >= 4 is 39.1 Å². The molecule has 0 unspecified atom stereocenters. The first-order chi connectivity index (χ1) is 10.6. The molecule has 1 aromatic heterocycles. The molecule has 112 valence electrons. The number of halogens is 1. The highest BCUT2D eigenvalue weighted by atomic mass is 35.5. The number of hydrogen-bond donors (Lipinski definition) is 0. The smallest absolute Gasteiger partial charge is 0.326 e. The third-order valence-corrected chi connectivity index (χ3v) is 4.54. The lowest BCUT2D eigenvalue weighted by Crippen LogP contribution is -2.20. The summed E-state index contributed by atoms with van der Waals surface area (Å²) in [6, 6.07) is 14.5. The number of carbonyl (C=O) groups excluding carboxylic acids is 1. The van der Waals surface area contributed by atoms with Crippen molar-refractivity contribution < 1.29 is 9.53 Å². The van der Waals surface area contributed by atoms with Crippen molar-refractivity contribution in [2.24, 2.45) is 0 Å². The number of nitrogens with zero attached hydrogens (tertiary/aromatic N) is 1. The zero-order valence-electron chi connectivity index (χ0n) is 11.5. The van der Waals surface area contributed by atoms with Crippen LogP contribution < -0.4 is 4.87 Å². The molecular formula is C16H12ClNO3S. The monoisotopic (exact) mass is 333 g/mol. The normalized spacial score (nSPS) is 10.8. The lowest BCUT2D eigenvalue weighted by Gasteiger charge is -2.07. The van der Waals surface area contributed by atoms with Crippen LogP contribution >= 0.6 is 22.9 Å². The maximum absolute atomic E-state index is 12.0. The van der Waals surface area contributed by atoms with Crippen LogP contribution in [-0.2, 0) is 22.7 Å². The summed E-state index contributed by atoms with van der Waals surface area (Å²) >= 11 is 7.13. The summed E-state index contributed by atoms with van der Waals surface area (Å²) in [7, 11) is 0. The van der Waals surface area contributed by atoms with Crippen molar-refractivity contribution in [3.05, 3.63) is 68.8 Å². The van der Waals surface area contributed by atoms with Gasteiger partial charge >= 0.3 is 10.8 Å². The number of rotatable bonds is 4. The number of benzene rings is 2. The van der Waals surface area contributed by atoms with Gasteiger partial charge in [0.05, 0.1) is 10.2 Å². The fourth-order valence-corrected chi connectivity index (χ4v) is 3.19. The summed E-state index contributed by atoms with van der Waals surface area (Å²) in [4.78, 5) is 23.8. The number of esters is 1. The highest BCUT2D eigenvalue weighted by Gasteiger charge is 2.12. The van der Waals surface area contributed by atoms with Gasteiger partial charge in [0.15, 0.2) is 0 Å². The molecule has 22 heavy (non-hydrogen) atoms. The van der Waals surface area contributed by atoms with Crippen molar-refractivity contribution in [3.63, 3.8) is 0 Å². The summed E-state index contributed by atoms with van der Waals surface area (Å²) in [5, 5.41) is 0.549. The van der Waals surface area contributed by atoms with Gasteiger partial charge in [0.1, 0.15) is 13.2 Å². The van der Waals surface area contributed by atoms with Crippen molar-refractivity contribution in [3.8, 4) is 0 Å². The fourth-order valence-electron chi connectivity index (χ4n) is 2.11. The average Bonchev–Trinajstić information content (AvgIpc) is 2.83. The molecule has 4 nitrogen and oxygen atoms in total. The predicted octanol–water partition coefficient (Wildman–Crippen LogP) is 3.46. The van der Waals surface area contributed by atoms with E-state index >= 15 is 0 Å². The highest BCUT2D eigenvalue weighted by Crippen LogP contribution is 2.17. The van der Waals surface area contributed by atoms with Crippen LogP contribution in [0, 0.1) is 0 Å². The minimum absolute atomic E-state index is 0.0926. The highest BCUT2D eigenvalue weighted by molar-refractivity contribution is 7.16. The molecule has 0 radical (unpaired) electrons. The zero-order valence-corrected chi connectivity index (χ0v) is 13.1. The minimum Gasteiger partial charge on any atom is -0.459 e. The van der Waals surface area contributed by atoms with Gasteiger partial charge in [-0.3, -0.25) is 14.2 Å². The number of carbonyl (C=O) groups is 1. The van der Waals surface area contributed by atoms with Crippen LogP contribution in [0.2, 0.25) is 5.02 Å². The number of hydrogen-bond acceptors (Lipinski definition) is 4. The van der Waals surface area contributed by atoms with E-state index < -0.39 is 5.97 Å². The number of ether oxygens (including phenoxy) is 1. The second kappa shape index (κ2) is 6.34. The van der Waals surface area contributed by atoms with Gasteiger partial charge in [0.25, 0.3) is 0 Å². The van der Waals surface area contributed by atoms with Crippen molar-refractivity contribution in [1.29, 1.82) is 0 Å². The third kappa shape index (κ3) is 3.05. The van der Waals surface area contributed by atoms with Gasteiger partial charge in [-0.2, -0.15) is 0 Å². The molecule has 0 amide bonds. The van der Waals surface area contributed by atoms with Crippen LogP contribution in [0.3, 0.4) is 0 Å². The molecule has 3 aromatic rings. The molecular weight excluding hydrogens is 322 g/mol. The Morgan fingerprint density at radius 3 is 2.68 bits per heavy atom. The van der Waals surface area contributed by atoms with Crippen LogP contribution in [0.15, 0.2) is 53.3 Å². The Kier molecular flexibility index (Phi) is 4.27. The third-order valence-electron chi connectivity index (χ3n) is 3.21. The van der Waals surface area contributed by atoms with E-state index in [1.165, 1.54) is 4.57 Å². The van der Waals surface area contributed by atoms with E-state index in [1.54, 1.807) is 12.1 Å². The quantitative estimate of drug-likeness (QED) is 0.687. The van der Waals surface area contributed by atoms with Gasteiger partial charge in [-0.1, -0.05) is 53.3 Å². The Morgan fingerprint density at radius 2 is 1.86 bits per heavy atom. The van der Waals surface area contributed by atoms with Crippen LogP contribution in [0.1, 0.15) is 5.56 Å². The van der Waals surface area contributed by atoms with E-state index in [9.17, 15) is 9.59 Å². The van der Waals surface area contributed by atoms with Crippen molar-refractivity contribution in [2.45, 2.75) is 13.2 Å². The molecule has 0 spiro atoms. The maximum Gasteiger partial charge on any atom is 0.326 e. The van der Waals surface area contributed by atoms with Gasteiger partial charge in [0.2, 0.25) is 0 Å². The molecule has 0 bridgehead atoms. The van der Waals surface area contributed by atoms with Crippen LogP contribution in [-0.4, -0.2) is 10.5 Å². The first kappa shape index (κ1) is 14.8. The summed E-state index contributed by atoms with van der Waals surface area (Å²) < 4.78 is 7.49. The molecule has 0 saturated heterocycles. The molecule has 3 rings (SSSR count). The molecule has 0 aliphatic heterocycles. The lowest BCUT2D eigenvalue weighted by molar-refractivity contribution is -0.145. The number of fused-ring (bicyclic) bond motifs is 1. The number of aromatic nitrogens is 1. The van der Waals surface area contributed by atoms with Crippen molar-refractivity contribution in [2.75, 3.05) is 0 Å². The first-order valence-corrected chi connectivity index (χ1v) is 7.82. The molecule has 2 aromatic carbocycles. The Hall–Kier alpha value is -2.11. The largest absolute Gasteiger partial charge is 0.459 e. The first-order valence-electron chi connectivity index (χ1n) is 6.62. The molecule has 0 fully saturated rings. The Labute approximate surface area is 135 Å². The summed E-state index contributed by atoms with van der Waals surface area (Å²) in [5.74, 6) is -0.467. The molecule has 0 saturated carbocycles. The number of thiazole rings is 1. The zero-order chi connectivity index (χ0) is 15.5. The molecule has 6 heteroatoms. The Bertz CT molecular complexity index is 884. The maximum atomic E-state index is 12.0. The molecule has 0 N–H and O–H groups in total. The standard InChI is InChI=1S/C16H12ClNO3S/c17-12-6-2-1-5-11(12)10-21-15(19)9-18-13-7-3-4-8-14(13)22-16(18)20/h1-8H,9-10H2. The van der Waals surface area contributed by atoms with E-state index in [4.69, 9.17) is 16.3 Å². The minimum atomic E-state index is -0.467. The van der Waals surface area contributed by atoms with E-state index in [-0.39, 0.29) is 18.0 Å². The van der Waals surface area contributed by atoms with Gasteiger partial charge in [-0.15, -0.1) is 0 Å². The number of para-hydroxylation sites is 1. The van der Waals surface area contributed by atoms with Crippen molar-refractivity contribution in [1.82, 2.24) is 4.57 Å². The SMILES string of the molecule is O=C(Cn1c(=O)sc2ccccc21)OCc1ccccc1Cl. The van der Waals surface area contributed by atoms with Gasteiger partial charge in [-0.25, -0.2) is 0 Å². The summed E-state index contributed by atoms with van der Waals surface area (Å²) in [6.45, 7) is -0.0113. The molecule has 0 aliphatic carbocycles. The topological polar surface area (TPSA) is 48.3 Å². The Morgan fingerprint density at radius 1 is 1.14 bits per heavy atom. The predicted molar refractivity (Wildman–Crippen MR) is 87.3 cm³/mol. The molecule has 1 heterocycles. The van der Waals surface area contributed by atoms with E-state index in [0.29, 0.717) is 5.02 Å². The van der Waals surface area contributed by atoms with E-state index in [2.05, 4.69) is 0 Å². The average molecular weight is 334 g/mol. The fraction of sp³-hybridized carbons (Fsp3) is 0.125. The van der Waals surface area contributed by atoms with E-state index in [0.717, 1.165) is 27.1 Å². The summed E-state index contributed by atoms with van der Waals surface area (Å²) in [6.07, 6.45) is 0. The Balaban J connectivity index is 1.73. The second-order valence-corrected chi connectivity index (χ2v) is 6.07. The van der Waals surface area contributed by atoms with Gasteiger partial charge in [0, 0.05) is 10.6 Å². The second-order valence-electron chi connectivity index (χ2n) is 4.67. The van der Waals surface area contributed by atoms with Gasteiger partial charge in [-0.05, 0) is 18.2 Å².